The van der Waals surface area contributed by atoms with Crippen LogP contribution in [0.4, 0.5) is 0 Å². The number of hydrogen-bond acceptors (Lipinski definition) is 3. The Labute approximate surface area is 177 Å². The fraction of sp³-hybridized carbons (Fsp3) is 0.208. The van der Waals surface area contributed by atoms with Gasteiger partial charge in [-0.05, 0) is 62.2 Å². The largest absolute Gasteiger partial charge is 0.457 e. The number of allylic oxidation sites excluding steroid dienone is 4. The molecule has 1 amide bonds. The highest BCUT2D eigenvalue weighted by molar-refractivity contribution is 6.30. The number of nitrogens with two attached hydrogens (primary N) is 1. The molecule has 2 aromatic rings. The third kappa shape index (κ3) is 7.51. The topological polar surface area (TPSA) is 64.3 Å². The van der Waals surface area contributed by atoms with Crippen molar-refractivity contribution in [2.75, 3.05) is 0 Å². The van der Waals surface area contributed by atoms with Crippen molar-refractivity contribution in [2.45, 2.75) is 33.7 Å². The summed E-state index contributed by atoms with van der Waals surface area (Å²) in [6.45, 7) is 6.24. The van der Waals surface area contributed by atoms with Crippen LogP contribution in [0.15, 0.2) is 83.6 Å². The minimum Gasteiger partial charge on any atom is -0.457 e. The van der Waals surface area contributed by atoms with Gasteiger partial charge in [0.15, 0.2) is 0 Å². The second-order valence-corrected chi connectivity index (χ2v) is 7.14. The molecule has 0 atom stereocenters. The lowest BCUT2D eigenvalue weighted by Gasteiger charge is -2.09. The van der Waals surface area contributed by atoms with Gasteiger partial charge in [0.05, 0.1) is 5.57 Å². The third-order valence-electron chi connectivity index (χ3n) is 4.28. The summed E-state index contributed by atoms with van der Waals surface area (Å²) in [4.78, 5) is 12.5. The molecular weight excluding hydrogens is 384 g/mol. The van der Waals surface area contributed by atoms with Gasteiger partial charge in [0.1, 0.15) is 11.5 Å². The number of benzene rings is 2. The molecule has 0 heterocycles. The number of hydrogen-bond donors (Lipinski definition) is 2. The first-order valence-electron chi connectivity index (χ1n) is 9.49. The van der Waals surface area contributed by atoms with Gasteiger partial charge in [0.2, 0.25) is 0 Å². The van der Waals surface area contributed by atoms with Crippen LogP contribution in [-0.2, 0) is 11.3 Å². The van der Waals surface area contributed by atoms with Crippen molar-refractivity contribution in [3.8, 4) is 11.5 Å². The summed E-state index contributed by atoms with van der Waals surface area (Å²) in [6.07, 6.45) is 6.54. The molecule has 29 heavy (non-hydrogen) atoms. The van der Waals surface area contributed by atoms with Crippen LogP contribution in [0.1, 0.15) is 32.8 Å². The van der Waals surface area contributed by atoms with E-state index in [9.17, 15) is 4.79 Å². The van der Waals surface area contributed by atoms with Crippen molar-refractivity contribution in [1.82, 2.24) is 5.32 Å². The molecule has 152 valence electrons. The Morgan fingerprint density at radius 3 is 2.48 bits per heavy atom. The summed E-state index contributed by atoms with van der Waals surface area (Å²) in [5.41, 5.74) is 9.01. The Morgan fingerprint density at radius 1 is 1.14 bits per heavy atom. The summed E-state index contributed by atoms with van der Waals surface area (Å²) in [7, 11) is 0. The summed E-state index contributed by atoms with van der Waals surface area (Å²) in [6, 6.07) is 14.7. The van der Waals surface area contributed by atoms with E-state index in [-0.39, 0.29) is 5.91 Å². The molecule has 0 radical (unpaired) electrons. The predicted molar refractivity (Wildman–Crippen MR) is 120 cm³/mol. The highest BCUT2D eigenvalue weighted by Gasteiger charge is 2.08. The van der Waals surface area contributed by atoms with Crippen LogP contribution in [0.5, 0.6) is 11.5 Å². The van der Waals surface area contributed by atoms with E-state index in [0.717, 1.165) is 12.0 Å². The first-order valence-corrected chi connectivity index (χ1v) is 9.87. The summed E-state index contributed by atoms with van der Waals surface area (Å²) < 4.78 is 5.77. The van der Waals surface area contributed by atoms with Gasteiger partial charge in [-0.3, -0.25) is 4.79 Å². The van der Waals surface area contributed by atoms with Crippen molar-refractivity contribution in [3.63, 3.8) is 0 Å². The Morgan fingerprint density at radius 2 is 1.86 bits per heavy atom. The van der Waals surface area contributed by atoms with E-state index in [2.05, 4.69) is 12.2 Å². The van der Waals surface area contributed by atoms with Crippen LogP contribution >= 0.6 is 11.6 Å². The van der Waals surface area contributed by atoms with Gasteiger partial charge in [-0.1, -0.05) is 54.4 Å². The van der Waals surface area contributed by atoms with E-state index in [1.54, 1.807) is 25.1 Å². The standard InChI is InChI=1S/C24H27ClN2O2/c1-4-17(2)7-5-10-23(18(3)26)24(28)27-16-19-11-13-21(14-12-19)29-22-9-6-8-20(25)15-22/h5-15H,4,16,26H2,1-3H3,(H,27,28)/b10-5-,17-7?,23-18-. The van der Waals surface area contributed by atoms with Crippen LogP contribution in [0.2, 0.25) is 5.02 Å². The van der Waals surface area contributed by atoms with E-state index < -0.39 is 0 Å². The number of amides is 1. The van der Waals surface area contributed by atoms with E-state index in [0.29, 0.717) is 34.3 Å². The van der Waals surface area contributed by atoms with Gasteiger partial charge in [-0.15, -0.1) is 0 Å². The number of halogens is 1. The van der Waals surface area contributed by atoms with Crippen LogP contribution in [0.3, 0.4) is 0 Å². The molecule has 0 unspecified atom stereocenters. The molecule has 2 aromatic carbocycles. The molecule has 5 heteroatoms. The number of carbonyl (C=O) groups excluding carboxylic acids is 1. The molecular formula is C24H27ClN2O2. The molecule has 4 nitrogen and oxygen atoms in total. The number of carbonyl (C=O) groups is 1. The first-order chi connectivity index (χ1) is 13.9. The van der Waals surface area contributed by atoms with Crippen LogP contribution in [0.25, 0.3) is 0 Å². The smallest absolute Gasteiger partial charge is 0.253 e. The van der Waals surface area contributed by atoms with Crippen LogP contribution in [-0.4, -0.2) is 5.91 Å². The van der Waals surface area contributed by atoms with Gasteiger partial charge in [-0.2, -0.15) is 0 Å². The molecule has 0 saturated carbocycles. The second-order valence-electron chi connectivity index (χ2n) is 6.71. The summed E-state index contributed by atoms with van der Waals surface area (Å²) >= 11 is 5.97. The molecule has 0 aliphatic carbocycles. The average Bonchev–Trinajstić information content (AvgIpc) is 2.70. The van der Waals surface area contributed by atoms with Crippen molar-refractivity contribution in [1.29, 1.82) is 0 Å². The Kier molecular flexibility index (Phi) is 8.56. The van der Waals surface area contributed by atoms with E-state index in [4.69, 9.17) is 22.1 Å². The fourth-order valence-electron chi connectivity index (χ4n) is 2.43. The van der Waals surface area contributed by atoms with Crippen molar-refractivity contribution in [2.24, 2.45) is 5.73 Å². The van der Waals surface area contributed by atoms with Gasteiger partial charge in [0, 0.05) is 17.3 Å². The average molecular weight is 411 g/mol. The minimum atomic E-state index is -0.206. The zero-order chi connectivity index (χ0) is 21.2. The van der Waals surface area contributed by atoms with Gasteiger partial charge in [-0.25, -0.2) is 0 Å². The van der Waals surface area contributed by atoms with Crippen LogP contribution in [0, 0.1) is 0 Å². The summed E-state index contributed by atoms with van der Waals surface area (Å²) in [5.74, 6) is 1.16. The van der Waals surface area contributed by atoms with Crippen molar-refractivity contribution in [3.05, 3.63) is 94.2 Å². The Bertz CT molecular complexity index is 924. The van der Waals surface area contributed by atoms with Crippen LogP contribution < -0.4 is 15.8 Å². The zero-order valence-corrected chi connectivity index (χ0v) is 17.8. The second kappa shape index (κ2) is 11.1. The maximum absolute atomic E-state index is 12.5. The number of nitrogens with one attached hydrogen (secondary N) is 1. The molecule has 3 N–H and O–H groups in total. The van der Waals surface area contributed by atoms with Gasteiger partial charge < -0.3 is 15.8 Å². The quantitative estimate of drug-likeness (QED) is 0.421. The Hall–Kier alpha value is -2.98. The highest BCUT2D eigenvalue weighted by atomic mass is 35.5. The molecule has 2 rings (SSSR count). The maximum Gasteiger partial charge on any atom is 0.253 e. The number of rotatable bonds is 8. The highest BCUT2D eigenvalue weighted by Crippen LogP contribution is 2.24. The van der Waals surface area contributed by atoms with E-state index in [1.165, 1.54) is 5.57 Å². The first kappa shape index (κ1) is 22.3. The van der Waals surface area contributed by atoms with Crippen molar-refractivity contribution < 1.29 is 9.53 Å². The van der Waals surface area contributed by atoms with E-state index >= 15 is 0 Å². The normalized spacial score (nSPS) is 12.6. The maximum atomic E-state index is 12.5. The monoisotopic (exact) mass is 410 g/mol. The lowest BCUT2D eigenvalue weighted by atomic mass is 10.1. The van der Waals surface area contributed by atoms with E-state index in [1.807, 2.05) is 55.5 Å². The zero-order valence-electron chi connectivity index (χ0n) is 17.0. The molecule has 0 saturated heterocycles. The molecule has 0 fully saturated rings. The van der Waals surface area contributed by atoms with Gasteiger partial charge >= 0.3 is 0 Å². The van der Waals surface area contributed by atoms with Gasteiger partial charge in [0.25, 0.3) is 5.91 Å². The molecule has 0 spiro atoms. The van der Waals surface area contributed by atoms with Crippen molar-refractivity contribution >= 4 is 17.5 Å². The minimum absolute atomic E-state index is 0.206. The fourth-order valence-corrected chi connectivity index (χ4v) is 2.61. The summed E-state index contributed by atoms with van der Waals surface area (Å²) in [5, 5.41) is 3.52. The predicted octanol–water partition coefficient (Wildman–Crippen LogP) is 5.89. The molecule has 0 aliphatic rings. The molecule has 0 aliphatic heterocycles. The Balaban J connectivity index is 1.96. The SMILES string of the molecule is CCC(C)=C/C=C\C(C(=O)NCc1ccc(Oc2cccc(Cl)c2)cc1)=C(/C)N. The molecule has 0 bridgehead atoms. The lowest BCUT2D eigenvalue weighted by Crippen LogP contribution is -2.25. The molecule has 0 aromatic heterocycles. The number of ether oxygens (including phenoxy) is 1. The third-order valence-corrected chi connectivity index (χ3v) is 4.51. The lowest BCUT2D eigenvalue weighted by molar-refractivity contribution is -0.117.